The van der Waals surface area contributed by atoms with Crippen LogP contribution >= 0.6 is 0 Å². The van der Waals surface area contributed by atoms with Gasteiger partial charge in [-0.3, -0.25) is 19.3 Å². The first-order valence-electron chi connectivity index (χ1n) is 14.4. The summed E-state index contributed by atoms with van der Waals surface area (Å²) in [5, 5.41) is 8.98. The molecule has 6 atom stereocenters. The molecule has 2 heterocycles. The summed E-state index contributed by atoms with van der Waals surface area (Å²) in [6.07, 6.45) is 6.07. The predicted octanol–water partition coefficient (Wildman–Crippen LogP) is 2.09. The van der Waals surface area contributed by atoms with Crippen molar-refractivity contribution in [3.63, 3.8) is 0 Å². The fraction of sp³-hybridized carbons (Fsp3) is 0.690. The van der Waals surface area contributed by atoms with Gasteiger partial charge in [0.25, 0.3) is 0 Å². The highest BCUT2D eigenvalue weighted by atomic mass is 19.1. The van der Waals surface area contributed by atoms with Gasteiger partial charge in [0.05, 0.1) is 12.1 Å². The number of hydrogen-bond donors (Lipinski definition) is 3. The van der Waals surface area contributed by atoms with Gasteiger partial charge in [-0.2, -0.15) is 0 Å². The van der Waals surface area contributed by atoms with Crippen LogP contribution in [0.3, 0.4) is 0 Å². The zero-order chi connectivity index (χ0) is 26.8. The minimum absolute atomic E-state index is 0.0477. The molecule has 1 aromatic carbocycles. The van der Waals surface area contributed by atoms with E-state index in [4.69, 9.17) is 0 Å². The van der Waals surface area contributed by atoms with Crippen LogP contribution in [-0.2, 0) is 20.8 Å². The number of carbonyl (C=O) groups is 3. The fourth-order valence-corrected chi connectivity index (χ4v) is 6.89. The van der Waals surface area contributed by atoms with E-state index in [2.05, 4.69) is 20.9 Å². The summed E-state index contributed by atoms with van der Waals surface area (Å²) in [4.78, 5) is 45.0. The molecule has 3 N–H and O–H groups in total. The lowest BCUT2D eigenvalue weighted by Crippen LogP contribution is -2.66. The number of piperazine rings is 1. The highest BCUT2D eigenvalue weighted by Crippen LogP contribution is 2.35. The molecule has 2 aliphatic carbocycles. The van der Waals surface area contributed by atoms with Crippen molar-refractivity contribution in [3.8, 4) is 0 Å². The van der Waals surface area contributed by atoms with Crippen LogP contribution in [0.5, 0.6) is 0 Å². The summed E-state index contributed by atoms with van der Waals surface area (Å²) in [5.41, 5.74) is 1.73. The van der Waals surface area contributed by atoms with Crippen molar-refractivity contribution in [3.05, 3.63) is 35.4 Å². The average Bonchev–Trinajstić information content (AvgIpc) is 3.53. The standard InChI is InChI=1S/C29H42FN5O3/c1-18(31-2)27(36)32-25(19-9-4-3-5-10-19)29(38)35-16-21-12-8-14-34(21)17-24(35)28(37)33-26-22-13-7-6-11-20(22)15-23(26)30/h6-7,11,13,18-19,21,23-26,31H,3-5,8-10,12,14-17H2,1-2H3,(H,32,36)(H,33,37)/t18-,21+,23-,24-,25-,26-/m0/s1. The molecule has 3 fully saturated rings. The Labute approximate surface area is 225 Å². The average molecular weight is 528 g/mol. The second-order valence-corrected chi connectivity index (χ2v) is 11.6. The molecule has 5 rings (SSSR count). The summed E-state index contributed by atoms with van der Waals surface area (Å²) >= 11 is 0. The Hall–Kier alpha value is -2.52. The summed E-state index contributed by atoms with van der Waals surface area (Å²) in [7, 11) is 1.72. The van der Waals surface area contributed by atoms with Gasteiger partial charge in [0.1, 0.15) is 18.3 Å². The van der Waals surface area contributed by atoms with E-state index in [0.29, 0.717) is 13.1 Å². The maximum atomic E-state index is 15.0. The van der Waals surface area contributed by atoms with Crippen LogP contribution in [0.4, 0.5) is 4.39 Å². The lowest BCUT2D eigenvalue weighted by atomic mass is 9.82. The molecular weight excluding hydrogens is 485 g/mol. The molecule has 208 valence electrons. The van der Waals surface area contributed by atoms with E-state index in [1.54, 1.807) is 18.9 Å². The topological polar surface area (TPSA) is 93.8 Å². The largest absolute Gasteiger partial charge is 0.344 e. The number of hydrogen-bond acceptors (Lipinski definition) is 5. The van der Waals surface area contributed by atoms with Crippen LogP contribution in [0.15, 0.2) is 24.3 Å². The molecular formula is C29H42FN5O3. The SMILES string of the molecule is CN[C@@H](C)C(=O)N[C@H](C(=O)N1C[C@H]2CCCN2C[C@H]1C(=O)N[C@H]1c2ccccc2C[C@@H]1F)C1CCCCC1. The van der Waals surface area contributed by atoms with Crippen LogP contribution in [0.25, 0.3) is 0 Å². The smallest absolute Gasteiger partial charge is 0.246 e. The van der Waals surface area contributed by atoms with E-state index in [1.165, 1.54) is 0 Å². The van der Waals surface area contributed by atoms with Gasteiger partial charge in [-0.15, -0.1) is 0 Å². The summed E-state index contributed by atoms with van der Waals surface area (Å²) in [5.74, 6) is -0.652. The second kappa shape index (κ2) is 11.7. The lowest BCUT2D eigenvalue weighted by molar-refractivity contribution is -0.149. The third-order valence-electron chi connectivity index (χ3n) is 9.25. The fourth-order valence-electron chi connectivity index (χ4n) is 6.89. The number of benzene rings is 1. The third kappa shape index (κ3) is 5.45. The van der Waals surface area contributed by atoms with Crippen LogP contribution < -0.4 is 16.0 Å². The minimum Gasteiger partial charge on any atom is -0.344 e. The molecule has 4 aliphatic rings. The molecule has 1 saturated carbocycles. The van der Waals surface area contributed by atoms with Crippen molar-refractivity contribution in [2.75, 3.05) is 26.7 Å². The number of amides is 3. The van der Waals surface area contributed by atoms with E-state index in [-0.39, 0.29) is 36.1 Å². The van der Waals surface area contributed by atoms with Crippen LogP contribution in [0.1, 0.15) is 69.0 Å². The number of rotatable bonds is 7. The van der Waals surface area contributed by atoms with Gasteiger partial charge >= 0.3 is 0 Å². The Morgan fingerprint density at radius 2 is 1.79 bits per heavy atom. The molecule has 0 spiro atoms. The van der Waals surface area contributed by atoms with Crippen molar-refractivity contribution in [2.24, 2.45) is 5.92 Å². The zero-order valence-corrected chi connectivity index (χ0v) is 22.6. The first kappa shape index (κ1) is 27.1. The molecule has 9 heteroatoms. The summed E-state index contributed by atoms with van der Waals surface area (Å²) < 4.78 is 15.0. The molecule has 2 saturated heterocycles. The van der Waals surface area contributed by atoms with Crippen molar-refractivity contribution in [2.45, 2.75) is 94.7 Å². The Morgan fingerprint density at radius 3 is 2.55 bits per heavy atom. The predicted molar refractivity (Wildman–Crippen MR) is 143 cm³/mol. The van der Waals surface area contributed by atoms with Gasteiger partial charge in [-0.25, -0.2) is 4.39 Å². The molecule has 2 aliphatic heterocycles. The minimum atomic E-state index is -1.19. The van der Waals surface area contributed by atoms with Gasteiger partial charge in [0.2, 0.25) is 17.7 Å². The van der Waals surface area contributed by atoms with Crippen LogP contribution in [0.2, 0.25) is 0 Å². The Kier molecular flexibility index (Phi) is 8.33. The van der Waals surface area contributed by atoms with Gasteiger partial charge in [-0.1, -0.05) is 43.5 Å². The van der Waals surface area contributed by atoms with E-state index in [9.17, 15) is 14.4 Å². The molecule has 0 radical (unpaired) electrons. The highest BCUT2D eigenvalue weighted by molar-refractivity contribution is 5.93. The molecule has 0 aromatic heterocycles. The normalized spacial score (nSPS) is 29.3. The zero-order valence-electron chi connectivity index (χ0n) is 22.6. The van der Waals surface area contributed by atoms with E-state index >= 15 is 4.39 Å². The van der Waals surface area contributed by atoms with Crippen LogP contribution in [0, 0.1) is 5.92 Å². The maximum absolute atomic E-state index is 15.0. The number of nitrogens with zero attached hydrogens (tertiary/aromatic N) is 2. The molecule has 3 amide bonds. The Morgan fingerprint density at radius 1 is 1.03 bits per heavy atom. The van der Waals surface area contributed by atoms with Crippen molar-refractivity contribution in [1.29, 1.82) is 0 Å². The second-order valence-electron chi connectivity index (χ2n) is 11.6. The van der Waals surface area contributed by atoms with Crippen molar-refractivity contribution >= 4 is 17.7 Å². The summed E-state index contributed by atoms with van der Waals surface area (Å²) in [6.45, 7) is 3.57. The van der Waals surface area contributed by atoms with Crippen LogP contribution in [-0.4, -0.2) is 84.5 Å². The number of nitrogens with one attached hydrogen (secondary N) is 3. The molecule has 8 nitrogen and oxygen atoms in total. The lowest BCUT2D eigenvalue weighted by Gasteiger charge is -2.45. The van der Waals surface area contributed by atoms with E-state index in [1.807, 2.05) is 24.3 Å². The van der Waals surface area contributed by atoms with Crippen molar-refractivity contribution in [1.82, 2.24) is 25.8 Å². The number of carbonyl (C=O) groups excluding carboxylic acids is 3. The first-order chi connectivity index (χ1) is 18.4. The number of fused-ring (bicyclic) bond motifs is 2. The van der Waals surface area contributed by atoms with E-state index in [0.717, 1.165) is 62.6 Å². The third-order valence-corrected chi connectivity index (χ3v) is 9.25. The highest BCUT2D eigenvalue weighted by Gasteiger charge is 2.46. The number of alkyl halides is 1. The quantitative estimate of drug-likeness (QED) is 0.505. The Balaban J connectivity index is 1.39. The Bertz CT molecular complexity index is 1030. The van der Waals surface area contributed by atoms with Gasteiger partial charge < -0.3 is 20.9 Å². The summed E-state index contributed by atoms with van der Waals surface area (Å²) in [6, 6.07) is 5.22. The van der Waals surface area contributed by atoms with Gasteiger partial charge in [0.15, 0.2) is 0 Å². The molecule has 0 unspecified atom stereocenters. The first-order valence-corrected chi connectivity index (χ1v) is 14.4. The number of likely N-dealkylation sites (N-methyl/N-ethyl adjacent to an activating group) is 1. The maximum Gasteiger partial charge on any atom is 0.246 e. The number of halogens is 1. The monoisotopic (exact) mass is 527 g/mol. The van der Waals surface area contributed by atoms with Gasteiger partial charge in [0, 0.05) is 25.6 Å². The molecule has 1 aromatic rings. The van der Waals surface area contributed by atoms with E-state index < -0.39 is 30.3 Å². The van der Waals surface area contributed by atoms with Crippen molar-refractivity contribution < 1.29 is 18.8 Å². The molecule has 38 heavy (non-hydrogen) atoms. The van der Waals surface area contributed by atoms with Gasteiger partial charge in [-0.05, 0) is 63.2 Å². The molecule has 0 bridgehead atoms.